The van der Waals surface area contributed by atoms with Crippen LogP contribution in [0.5, 0.6) is 0 Å². The smallest absolute Gasteiger partial charge is 0.341 e. The van der Waals surface area contributed by atoms with Crippen LogP contribution in [0.2, 0.25) is 19.6 Å². The van der Waals surface area contributed by atoms with Crippen LogP contribution in [0.1, 0.15) is 23.0 Å². The molecule has 0 saturated heterocycles. The molecule has 1 aromatic heterocycles. The van der Waals surface area contributed by atoms with E-state index in [4.69, 9.17) is 4.74 Å². The van der Waals surface area contributed by atoms with Crippen LogP contribution in [0, 0.1) is 11.5 Å². The number of nitrogens with zero attached hydrogens (tertiary/aromatic N) is 1. The molecule has 4 nitrogen and oxygen atoms in total. The summed E-state index contributed by atoms with van der Waals surface area (Å²) in [5.41, 5.74) is 4.39. The van der Waals surface area contributed by atoms with Crippen LogP contribution in [-0.2, 0) is 11.2 Å². The van der Waals surface area contributed by atoms with E-state index in [1.54, 1.807) is 13.1 Å². The molecule has 0 radical (unpaired) electrons. The van der Waals surface area contributed by atoms with Crippen LogP contribution in [0.15, 0.2) is 6.20 Å². The highest BCUT2D eigenvalue weighted by atomic mass is 28.3. The highest BCUT2D eigenvalue weighted by Crippen LogP contribution is 2.07. The number of aromatic amines is 1. The number of nitrogens with one attached hydrogen (secondary N) is 1. The minimum Gasteiger partial charge on any atom is -0.462 e. The summed E-state index contributed by atoms with van der Waals surface area (Å²) >= 11 is 0. The van der Waals surface area contributed by atoms with Gasteiger partial charge < -0.3 is 4.74 Å². The molecule has 1 rings (SSSR count). The summed E-state index contributed by atoms with van der Waals surface area (Å²) in [5, 5.41) is 6.70. The first-order valence-electron chi connectivity index (χ1n) is 5.64. The zero-order valence-corrected chi connectivity index (χ0v) is 11.8. The van der Waals surface area contributed by atoms with Gasteiger partial charge in [0.05, 0.1) is 18.7 Å². The molecule has 0 atom stereocenters. The Morgan fingerprint density at radius 2 is 2.24 bits per heavy atom. The van der Waals surface area contributed by atoms with Crippen molar-refractivity contribution in [2.45, 2.75) is 33.0 Å². The van der Waals surface area contributed by atoms with Crippen molar-refractivity contribution < 1.29 is 9.53 Å². The number of carbonyl (C=O) groups is 1. The average molecular weight is 250 g/mol. The third kappa shape index (κ3) is 4.45. The lowest BCUT2D eigenvalue weighted by Gasteiger charge is -2.03. The van der Waals surface area contributed by atoms with Gasteiger partial charge >= 0.3 is 5.97 Å². The predicted octanol–water partition coefficient (Wildman–Crippen LogP) is 2.01. The highest BCUT2D eigenvalue weighted by Gasteiger charge is 2.14. The maximum atomic E-state index is 11.6. The normalized spacial score (nSPS) is 10.6. The Morgan fingerprint density at radius 3 is 2.82 bits per heavy atom. The van der Waals surface area contributed by atoms with Crippen LogP contribution in [-0.4, -0.2) is 30.8 Å². The van der Waals surface area contributed by atoms with Crippen LogP contribution < -0.4 is 0 Å². The molecular weight excluding hydrogens is 232 g/mol. The summed E-state index contributed by atoms with van der Waals surface area (Å²) in [6.07, 6.45) is 2.05. The number of hydrogen-bond acceptors (Lipinski definition) is 3. The van der Waals surface area contributed by atoms with Gasteiger partial charge in [-0.2, -0.15) is 5.10 Å². The van der Waals surface area contributed by atoms with E-state index < -0.39 is 8.07 Å². The van der Waals surface area contributed by atoms with Crippen LogP contribution in [0.25, 0.3) is 0 Å². The van der Waals surface area contributed by atoms with Crippen molar-refractivity contribution in [3.8, 4) is 11.5 Å². The number of carbonyl (C=O) groups excluding carboxylic acids is 1. The van der Waals surface area contributed by atoms with Gasteiger partial charge in [-0.25, -0.2) is 4.79 Å². The topological polar surface area (TPSA) is 55.0 Å². The number of ether oxygens (including phenoxy) is 1. The predicted molar refractivity (Wildman–Crippen MR) is 69.4 cm³/mol. The molecule has 0 saturated carbocycles. The molecule has 5 heteroatoms. The molecule has 1 N–H and O–H groups in total. The molecule has 0 aliphatic carbocycles. The number of esters is 1. The van der Waals surface area contributed by atoms with Crippen molar-refractivity contribution in [1.82, 2.24) is 10.2 Å². The van der Waals surface area contributed by atoms with Gasteiger partial charge in [0.25, 0.3) is 0 Å². The molecule has 0 bridgehead atoms. The van der Waals surface area contributed by atoms with Crippen molar-refractivity contribution >= 4 is 14.0 Å². The van der Waals surface area contributed by atoms with Crippen LogP contribution in [0.3, 0.4) is 0 Å². The summed E-state index contributed by atoms with van der Waals surface area (Å²) in [6.45, 7) is 8.68. The Labute approximate surface area is 103 Å². The fourth-order valence-electron chi connectivity index (χ4n) is 1.23. The molecule has 17 heavy (non-hydrogen) atoms. The standard InChI is InChI=1S/C12H18N2O2Si/c1-5-16-12(15)10-9-13-14-11(10)7-6-8-17(2,3)4/h9H,5,7H2,1-4H3,(H,13,14). The SMILES string of the molecule is CCOC(=O)c1c[nH]nc1CC#C[Si](C)(C)C. The Hall–Kier alpha value is -1.54. The van der Waals surface area contributed by atoms with Crippen molar-refractivity contribution in [2.24, 2.45) is 0 Å². The monoisotopic (exact) mass is 250 g/mol. The van der Waals surface area contributed by atoms with E-state index in [2.05, 4.69) is 41.3 Å². The summed E-state index contributed by atoms with van der Waals surface area (Å²) < 4.78 is 4.94. The zero-order chi connectivity index (χ0) is 12.9. The molecule has 0 spiro atoms. The Morgan fingerprint density at radius 1 is 1.53 bits per heavy atom. The van der Waals surface area contributed by atoms with Crippen molar-refractivity contribution in [1.29, 1.82) is 0 Å². The van der Waals surface area contributed by atoms with Gasteiger partial charge in [0.2, 0.25) is 0 Å². The van der Waals surface area contributed by atoms with E-state index in [0.717, 1.165) is 0 Å². The van der Waals surface area contributed by atoms with Gasteiger partial charge in [-0.05, 0) is 6.92 Å². The Balaban J connectivity index is 2.75. The molecule has 0 aliphatic rings. The summed E-state index contributed by atoms with van der Waals surface area (Å²) in [4.78, 5) is 11.6. The highest BCUT2D eigenvalue weighted by molar-refractivity contribution is 6.83. The van der Waals surface area contributed by atoms with Gasteiger partial charge in [0, 0.05) is 6.20 Å². The molecule has 0 unspecified atom stereocenters. The van der Waals surface area contributed by atoms with E-state index in [1.807, 2.05) is 0 Å². The van der Waals surface area contributed by atoms with Gasteiger partial charge in [0.1, 0.15) is 13.6 Å². The summed E-state index contributed by atoms with van der Waals surface area (Å²) in [7, 11) is -1.37. The lowest BCUT2D eigenvalue weighted by molar-refractivity contribution is 0.0525. The lowest BCUT2D eigenvalue weighted by atomic mass is 10.2. The molecule has 92 valence electrons. The van der Waals surface area contributed by atoms with Crippen molar-refractivity contribution in [3.05, 3.63) is 17.5 Å². The largest absolute Gasteiger partial charge is 0.462 e. The summed E-state index contributed by atoms with van der Waals surface area (Å²) in [5.74, 6) is 2.74. The second kappa shape index (κ2) is 5.69. The molecule has 0 aliphatic heterocycles. The van der Waals surface area contributed by atoms with Gasteiger partial charge in [0.15, 0.2) is 0 Å². The molecule has 0 aromatic carbocycles. The number of hydrogen-bond donors (Lipinski definition) is 1. The maximum absolute atomic E-state index is 11.6. The first-order chi connectivity index (χ1) is 7.94. The van der Waals surface area contributed by atoms with E-state index in [0.29, 0.717) is 24.3 Å². The molecule has 1 aromatic rings. The Kier molecular flexibility index (Phi) is 4.52. The first kappa shape index (κ1) is 13.5. The molecule has 0 fully saturated rings. The number of aromatic nitrogens is 2. The van der Waals surface area contributed by atoms with E-state index in [9.17, 15) is 4.79 Å². The molecular formula is C12H18N2O2Si. The fraction of sp³-hybridized carbons (Fsp3) is 0.500. The molecule has 0 amide bonds. The quantitative estimate of drug-likeness (QED) is 0.507. The Bertz CT molecular complexity index is 449. The van der Waals surface area contributed by atoms with Gasteiger partial charge in [-0.1, -0.05) is 19.6 Å². The van der Waals surface area contributed by atoms with Gasteiger partial charge in [-0.15, -0.1) is 11.5 Å². The van der Waals surface area contributed by atoms with Crippen LogP contribution >= 0.6 is 0 Å². The fourth-order valence-corrected chi connectivity index (χ4v) is 1.85. The van der Waals surface area contributed by atoms with E-state index >= 15 is 0 Å². The number of rotatable bonds is 3. The van der Waals surface area contributed by atoms with Crippen molar-refractivity contribution in [3.63, 3.8) is 0 Å². The molecule has 1 heterocycles. The second-order valence-electron chi connectivity index (χ2n) is 4.69. The van der Waals surface area contributed by atoms with E-state index in [1.165, 1.54) is 0 Å². The minimum absolute atomic E-state index is 0.342. The average Bonchev–Trinajstić information content (AvgIpc) is 2.64. The minimum atomic E-state index is -1.37. The van der Waals surface area contributed by atoms with Crippen LogP contribution in [0.4, 0.5) is 0 Å². The third-order valence-electron chi connectivity index (χ3n) is 1.93. The zero-order valence-electron chi connectivity index (χ0n) is 10.8. The van der Waals surface area contributed by atoms with E-state index in [-0.39, 0.29) is 5.97 Å². The summed E-state index contributed by atoms with van der Waals surface area (Å²) in [6, 6.07) is 0. The second-order valence-corrected chi connectivity index (χ2v) is 9.44. The number of H-pyrrole nitrogens is 1. The van der Waals surface area contributed by atoms with Gasteiger partial charge in [-0.3, -0.25) is 5.10 Å². The lowest BCUT2D eigenvalue weighted by Crippen LogP contribution is -2.16. The maximum Gasteiger partial charge on any atom is 0.341 e. The first-order valence-corrected chi connectivity index (χ1v) is 9.14. The third-order valence-corrected chi connectivity index (χ3v) is 2.86. The van der Waals surface area contributed by atoms with Crippen molar-refractivity contribution in [2.75, 3.05) is 6.61 Å².